The molecule has 5 heteroatoms. The number of fused-ring (bicyclic) bond motifs is 1. The Morgan fingerprint density at radius 2 is 2.21 bits per heavy atom. The fourth-order valence-corrected chi connectivity index (χ4v) is 3.85. The molecule has 2 fully saturated rings. The molecular formula is C19H25N3O2. The van der Waals surface area contributed by atoms with Crippen molar-refractivity contribution in [3.63, 3.8) is 0 Å². The molecule has 0 spiro atoms. The summed E-state index contributed by atoms with van der Waals surface area (Å²) in [5.74, 6) is 0. The van der Waals surface area contributed by atoms with E-state index in [9.17, 15) is 0 Å². The van der Waals surface area contributed by atoms with Crippen LogP contribution >= 0.6 is 0 Å². The van der Waals surface area contributed by atoms with Crippen molar-refractivity contribution in [2.24, 2.45) is 0 Å². The van der Waals surface area contributed by atoms with Crippen LogP contribution in [0.3, 0.4) is 0 Å². The Kier molecular flexibility index (Phi) is 4.65. The summed E-state index contributed by atoms with van der Waals surface area (Å²) < 4.78 is 11.3. The molecule has 4 heterocycles. The lowest BCUT2D eigenvalue weighted by Crippen LogP contribution is -2.49. The lowest BCUT2D eigenvalue weighted by Gasteiger charge is -2.37. The van der Waals surface area contributed by atoms with Gasteiger partial charge in [0.25, 0.3) is 0 Å². The highest BCUT2D eigenvalue weighted by atomic mass is 16.5. The van der Waals surface area contributed by atoms with Gasteiger partial charge in [-0.1, -0.05) is 6.07 Å². The summed E-state index contributed by atoms with van der Waals surface area (Å²) in [5, 5.41) is 0. The molecule has 0 unspecified atom stereocenters. The summed E-state index contributed by atoms with van der Waals surface area (Å²) >= 11 is 0. The highest BCUT2D eigenvalue weighted by Gasteiger charge is 2.36. The lowest BCUT2D eigenvalue weighted by atomic mass is 10.1. The summed E-state index contributed by atoms with van der Waals surface area (Å²) in [6.07, 6.45) is 5.05. The van der Waals surface area contributed by atoms with Gasteiger partial charge in [0.2, 0.25) is 0 Å². The molecule has 2 aliphatic rings. The minimum Gasteiger partial charge on any atom is -0.472 e. The number of nitrogens with zero attached hydrogens (tertiary/aromatic N) is 3. The van der Waals surface area contributed by atoms with E-state index in [1.807, 2.05) is 31.4 Å². The first-order valence-corrected chi connectivity index (χ1v) is 8.78. The van der Waals surface area contributed by atoms with Crippen LogP contribution < -0.4 is 0 Å². The van der Waals surface area contributed by atoms with E-state index < -0.39 is 0 Å². The van der Waals surface area contributed by atoms with E-state index in [4.69, 9.17) is 9.15 Å². The van der Waals surface area contributed by atoms with Gasteiger partial charge in [0.05, 0.1) is 30.9 Å². The smallest absolute Gasteiger partial charge is 0.0947 e. The molecule has 0 aliphatic carbocycles. The van der Waals surface area contributed by atoms with Crippen molar-refractivity contribution in [1.29, 1.82) is 0 Å². The number of ether oxygens (including phenoxy) is 1. The molecule has 0 radical (unpaired) electrons. The first kappa shape index (κ1) is 15.8. The van der Waals surface area contributed by atoms with Crippen LogP contribution in [0.5, 0.6) is 0 Å². The van der Waals surface area contributed by atoms with Crippen LogP contribution in [0.1, 0.15) is 23.4 Å². The summed E-state index contributed by atoms with van der Waals surface area (Å²) in [7, 11) is 0. The van der Waals surface area contributed by atoms with E-state index in [2.05, 4.69) is 20.9 Å². The molecule has 0 N–H and O–H groups in total. The largest absolute Gasteiger partial charge is 0.472 e. The summed E-state index contributed by atoms with van der Waals surface area (Å²) in [5.41, 5.74) is 3.34. The second-order valence-electron chi connectivity index (χ2n) is 6.95. The number of piperazine rings is 1. The number of furan rings is 1. The van der Waals surface area contributed by atoms with Crippen LogP contribution in [0.15, 0.2) is 41.2 Å². The molecule has 2 aliphatic heterocycles. The molecule has 5 nitrogen and oxygen atoms in total. The maximum atomic E-state index is 6.14. The summed E-state index contributed by atoms with van der Waals surface area (Å²) in [6.45, 7) is 8.04. The molecule has 2 saturated heterocycles. The molecule has 0 amide bonds. The molecule has 24 heavy (non-hydrogen) atoms. The maximum Gasteiger partial charge on any atom is 0.0947 e. The van der Waals surface area contributed by atoms with Gasteiger partial charge in [-0.15, -0.1) is 0 Å². The number of hydrogen-bond acceptors (Lipinski definition) is 5. The average Bonchev–Trinajstić information content (AvgIpc) is 3.22. The minimum atomic E-state index is 0.325. The second-order valence-corrected chi connectivity index (χ2v) is 6.95. The van der Waals surface area contributed by atoms with Gasteiger partial charge >= 0.3 is 0 Å². The summed E-state index contributed by atoms with van der Waals surface area (Å²) in [4.78, 5) is 9.63. The molecule has 0 aromatic carbocycles. The van der Waals surface area contributed by atoms with E-state index in [1.54, 1.807) is 6.26 Å². The van der Waals surface area contributed by atoms with Crippen molar-refractivity contribution in [2.75, 3.05) is 26.2 Å². The highest BCUT2D eigenvalue weighted by Crippen LogP contribution is 2.25. The molecular weight excluding hydrogens is 302 g/mol. The molecule has 0 saturated carbocycles. The van der Waals surface area contributed by atoms with Gasteiger partial charge in [0, 0.05) is 50.0 Å². The second kappa shape index (κ2) is 7.05. The van der Waals surface area contributed by atoms with Crippen molar-refractivity contribution < 1.29 is 9.15 Å². The third-order valence-electron chi connectivity index (χ3n) is 5.06. The SMILES string of the molecule is Cc1cccc(CO[C@@H]2C[C@@H]3CN(Cc4ccoc4)CCN3C2)n1. The molecule has 4 rings (SSSR count). The zero-order valence-corrected chi connectivity index (χ0v) is 14.2. The van der Waals surface area contributed by atoms with E-state index in [0.717, 1.165) is 50.5 Å². The third kappa shape index (κ3) is 3.69. The Morgan fingerprint density at radius 1 is 1.25 bits per heavy atom. The van der Waals surface area contributed by atoms with Crippen molar-refractivity contribution in [1.82, 2.24) is 14.8 Å². The monoisotopic (exact) mass is 327 g/mol. The molecule has 2 aromatic rings. The first-order chi connectivity index (χ1) is 11.8. The van der Waals surface area contributed by atoms with Gasteiger partial charge in [-0.25, -0.2) is 0 Å². The molecule has 0 bridgehead atoms. The quantitative estimate of drug-likeness (QED) is 0.844. The van der Waals surface area contributed by atoms with Gasteiger partial charge in [-0.3, -0.25) is 14.8 Å². The molecule has 2 atom stereocenters. The van der Waals surface area contributed by atoms with Gasteiger partial charge in [0.15, 0.2) is 0 Å². The van der Waals surface area contributed by atoms with E-state index in [0.29, 0.717) is 18.8 Å². The molecule has 2 aromatic heterocycles. The minimum absolute atomic E-state index is 0.325. The number of pyridine rings is 1. The average molecular weight is 327 g/mol. The number of hydrogen-bond donors (Lipinski definition) is 0. The van der Waals surface area contributed by atoms with Crippen molar-refractivity contribution >= 4 is 0 Å². The Hall–Kier alpha value is -1.69. The van der Waals surface area contributed by atoms with Gasteiger partial charge < -0.3 is 9.15 Å². The topological polar surface area (TPSA) is 41.7 Å². The Bertz CT molecular complexity index is 658. The number of aromatic nitrogens is 1. The Morgan fingerprint density at radius 3 is 3.04 bits per heavy atom. The third-order valence-corrected chi connectivity index (χ3v) is 5.06. The maximum absolute atomic E-state index is 6.14. The van der Waals surface area contributed by atoms with Crippen molar-refractivity contribution in [3.8, 4) is 0 Å². The van der Waals surface area contributed by atoms with Crippen LogP contribution in [0.25, 0.3) is 0 Å². The number of rotatable bonds is 5. The molecule has 128 valence electrons. The predicted molar refractivity (Wildman–Crippen MR) is 91.5 cm³/mol. The Labute approximate surface area is 143 Å². The van der Waals surface area contributed by atoms with Crippen LogP contribution in [0, 0.1) is 6.92 Å². The van der Waals surface area contributed by atoms with Crippen molar-refractivity contribution in [2.45, 2.75) is 38.6 Å². The zero-order valence-electron chi connectivity index (χ0n) is 14.2. The van der Waals surface area contributed by atoms with E-state index in [-0.39, 0.29) is 0 Å². The zero-order chi connectivity index (χ0) is 16.4. The van der Waals surface area contributed by atoms with Crippen LogP contribution in [0.4, 0.5) is 0 Å². The van der Waals surface area contributed by atoms with Gasteiger partial charge in [0.1, 0.15) is 0 Å². The fraction of sp³-hybridized carbons (Fsp3) is 0.526. The number of aryl methyl sites for hydroxylation is 1. The van der Waals surface area contributed by atoms with E-state index >= 15 is 0 Å². The van der Waals surface area contributed by atoms with Crippen molar-refractivity contribution in [3.05, 3.63) is 53.7 Å². The van der Waals surface area contributed by atoms with Crippen LogP contribution in [0.2, 0.25) is 0 Å². The first-order valence-electron chi connectivity index (χ1n) is 8.78. The fourth-order valence-electron chi connectivity index (χ4n) is 3.85. The predicted octanol–water partition coefficient (Wildman–Crippen LogP) is 2.46. The highest BCUT2D eigenvalue weighted by molar-refractivity contribution is 5.09. The Balaban J connectivity index is 1.28. The standard InChI is InChI=1S/C19H25N3O2/c1-15-3-2-4-17(20-15)14-24-19-9-18-11-21(6-7-22(18)12-19)10-16-5-8-23-13-16/h2-5,8,13,18-19H,6-7,9-12,14H2,1H3/t18-,19-/m1/s1. The normalized spacial score (nSPS) is 25.0. The van der Waals surface area contributed by atoms with Crippen LogP contribution in [-0.4, -0.2) is 53.1 Å². The van der Waals surface area contributed by atoms with E-state index in [1.165, 1.54) is 5.56 Å². The van der Waals surface area contributed by atoms with Gasteiger partial charge in [-0.2, -0.15) is 0 Å². The van der Waals surface area contributed by atoms with Crippen LogP contribution in [-0.2, 0) is 17.9 Å². The lowest BCUT2D eigenvalue weighted by molar-refractivity contribution is 0.0439. The van der Waals surface area contributed by atoms with Gasteiger partial charge in [-0.05, 0) is 31.5 Å². The summed E-state index contributed by atoms with van der Waals surface area (Å²) in [6, 6.07) is 8.78.